The Morgan fingerprint density at radius 3 is 1.38 bits per heavy atom. The molecule has 50 heavy (non-hydrogen) atoms. The first kappa shape index (κ1) is 37.5. The number of carbonyl (C=O) groups is 3. The zero-order chi connectivity index (χ0) is 36.1. The molecule has 2 fully saturated rings. The number of rotatable bonds is 12. The molecule has 0 radical (unpaired) electrons. The summed E-state index contributed by atoms with van der Waals surface area (Å²) in [5, 5.41) is 0. The summed E-state index contributed by atoms with van der Waals surface area (Å²) >= 11 is 0. The van der Waals surface area contributed by atoms with Crippen LogP contribution in [0.4, 0.5) is 0 Å². The van der Waals surface area contributed by atoms with E-state index in [9.17, 15) is 14.4 Å². The zero-order valence-corrected chi connectivity index (χ0v) is 31.3. The van der Waals surface area contributed by atoms with Gasteiger partial charge in [-0.2, -0.15) is 0 Å². The van der Waals surface area contributed by atoms with Gasteiger partial charge in [-0.15, -0.1) is 0 Å². The standard InChI is InChI=1S/C45H58O5/c1-8-37(46)40(32-18-12-9-13-19-32)41(42(47)49-38-28-30(2)24-26-35(38)44(4,5)33-20-14-10-15-21-33)43(48)50-39-29-31(3)25-27-36(39)45(6,7)34-22-16-11-17-23-34/h9-23,30-31,35-36,38-41H,8,24-29H2,1-7H3/t30-,31-,35-,36-,38-,39-,40+/m1/s1. The third-order valence-corrected chi connectivity index (χ3v) is 12.2. The molecular weight excluding hydrogens is 620 g/mol. The van der Waals surface area contributed by atoms with Gasteiger partial charge >= 0.3 is 11.9 Å². The molecule has 7 atom stereocenters. The number of hydrogen-bond acceptors (Lipinski definition) is 5. The maximum atomic E-state index is 14.7. The van der Waals surface area contributed by atoms with Crippen molar-refractivity contribution in [3.63, 3.8) is 0 Å². The van der Waals surface area contributed by atoms with Crippen LogP contribution in [-0.2, 0) is 34.7 Å². The molecular formula is C45H58O5. The monoisotopic (exact) mass is 678 g/mol. The summed E-state index contributed by atoms with van der Waals surface area (Å²) in [5.74, 6) is -3.04. The molecule has 3 aromatic rings. The van der Waals surface area contributed by atoms with Crippen molar-refractivity contribution in [3.05, 3.63) is 108 Å². The van der Waals surface area contributed by atoms with Gasteiger partial charge in [0.25, 0.3) is 0 Å². The van der Waals surface area contributed by atoms with Gasteiger partial charge in [-0.25, -0.2) is 0 Å². The van der Waals surface area contributed by atoms with Gasteiger partial charge in [-0.3, -0.25) is 14.4 Å². The second-order valence-corrected chi connectivity index (χ2v) is 16.4. The second-order valence-electron chi connectivity index (χ2n) is 16.4. The van der Waals surface area contributed by atoms with Crippen molar-refractivity contribution in [2.75, 3.05) is 0 Å². The van der Waals surface area contributed by atoms with E-state index in [2.05, 4.69) is 90.1 Å². The fraction of sp³-hybridized carbons (Fsp3) is 0.533. The van der Waals surface area contributed by atoms with Crippen LogP contribution in [0.5, 0.6) is 0 Å². The lowest BCUT2D eigenvalue weighted by Crippen LogP contribution is -2.48. The molecule has 0 N–H and O–H groups in total. The van der Waals surface area contributed by atoms with E-state index >= 15 is 0 Å². The fourth-order valence-corrected chi connectivity index (χ4v) is 8.99. The Hall–Kier alpha value is -3.73. The predicted octanol–water partition coefficient (Wildman–Crippen LogP) is 10.0. The summed E-state index contributed by atoms with van der Waals surface area (Å²) in [6.07, 6.45) is 4.70. The number of benzene rings is 3. The average Bonchev–Trinajstić information content (AvgIpc) is 3.11. The molecule has 0 unspecified atom stereocenters. The minimum Gasteiger partial charge on any atom is -0.461 e. The van der Waals surface area contributed by atoms with Gasteiger partial charge < -0.3 is 9.47 Å². The first-order valence-corrected chi connectivity index (χ1v) is 18.9. The maximum Gasteiger partial charge on any atom is 0.321 e. The van der Waals surface area contributed by atoms with Crippen LogP contribution in [0.3, 0.4) is 0 Å². The van der Waals surface area contributed by atoms with Crippen molar-refractivity contribution in [3.8, 4) is 0 Å². The van der Waals surface area contributed by atoms with Gasteiger partial charge in [-0.1, -0.05) is 152 Å². The Morgan fingerprint density at radius 1 is 0.620 bits per heavy atom. The van der Waals surface area contributed by atoms with Crippen LogP contribution in [-0.4, -0.2) is 29.9 Å². The molecule has 0 aromatic heterocycles. The van der Waals surface area contributed by atoms with Crippen LogP contribution >= 0.6 is 0 Å². The lowest BCUT2D eigenvalue weighted by molar-refractivity contribution is -0.178. The van der Waals surface area contributed by atoms with Crippen LogP contribution in [0.15, 0.2) is 91.0 Å². The first-order chi connectivity index (χ1) is 23.8. The minimum absolute atomic E-state index is 0.0500. The second kappa shape index (κ2) is 16.1. The SMILES string of the molecule is CCC(=O)[C@H](c1ccccc1)C(C(=O)O[C@@H]1C[C@H](C)CC[C@H]1C(C)(C)c1ccccc1)C(=O)O[C@@H]1C[C@H](C)CC[C@H]1C(C)(C)c1ccccc1. The van der Waals surface area contributed by atoms with E-state index < -0.39 is 36.0 Å². The van der Waals surface area contributed by atoms with Crippen LogP contribution in [0.2, 0.25) is 0 Å². The zero-order valence-electron chi connectivity index (χ0n) is 31.3. The largest absolute Gasteiger partial charge is 0.461 e. The highest BCUT2D eigenvalue weighted by Crippen LogP contribution is 2.46. The van der Waals surface area contributed by atoms with Gasteiger partial charge in [0.15, 0.2) is 5.92 Å². The number of esters is 2. The Morgan fingerprint density at radius 2 is 1.00 bits per heavy atom. The van der Waals surface area contributed by atoms with Crippen molar-refractivity contribution < 1.29 is 23.9 Å². The van der Waals surface area contributed by atoms with E-state index in [1.807, 2.05) is 42.5 Å². The van der Waals surface area contributed by atoms with Crippen LogP contribution in [0.25, 0.3) is 0 Å². The van der Waals surface area contributed by atoms with Gasteiger partial charge in [0.1, 0.15) is 18.0 Å². The van der Waals surface area contributed by atoms with E-state index in [4.69, 9.17) is 9.47 Å². The third-order valence-electron chi connectivity index (χ3n) is 12.2. The van der Waals surface area contributed by atoms with Crippen molar-refractivity contribution in [1.29, 1.82) is 0 Å². The van der Waals surface area contributed by atoms with Crippen LogP contribution < -0.4 is 0 Å². The molecule has 3 aromatic carbocycles. The maximum absolute atomic E-state index is 14.7. The van der Waals surface area contributed by atoms with Gasteiger partial charge in [0.05, 0.1) is 5.92 Å². The molecule has 5 rings (SSSR count). The van der Waals surface area contributed by atoms with Crippen molar-refractivity contribution in [1.82, 2.24) is 0 Å². The summed E-state index contributed by atoms with van der Waals surface area (Å²) in [7, 11) is 0. The Balaban J connectivity index is 1.51. The van der Waals surface area contributed by atoms with E-state index in [1.165, 1.54) is 11.1 Å². The number of hydrogen-bond donors (Lipinski definition) is 0. The molecule has 2 aliphatic rings. The van der Waals surface area contributed by atoms with Gasteiger partial charge in [0.2, 0.25) is 0 Å². The molecule has 0 saturated heterocycles. The van der Waals surface area contributed by atoms with Crippen molar-refractivity contribution in [2.24, 2.45) is 29.6 Å². The van der Waals surface area contributed by atoms with Gasteiger partial charge in [0, 0.05) is 18.3 Å². The van der Waals surface area contributed by atoms with E-state index in [0.29, 0.717) is 30.2 Å². The Labute approximate surface area is 300 Å². The molecule has 0 spiro atoms. The van der Waals surface area contributed by atoms with E-state index in [-0.39, 0.29) is 34.9 Å². The molecule has 5 nitrogen and oxygen atoms in total. The summed E-state index contributed by atoms with van der Waals surface area (Å²) in [6.45, 7) is 15.1. The lowest BCUT2D eigenvalue weighted by atomic mass is 9.64. The molecule has 5 heteroatoms. The van der Waals surface area contributed by atoms with Crippen LogP contribution in [0.1, 0.15) is 116 Å². The molecule has 0 bridgehead atoms. The number of carbonyl (C=O) groups excluding carboxylic acids is 3. The van der Waals surface area contributed by atoms with E-state index in [0.717, 1.165) is 25.7 Å². The molecule has 2 aliphatic carbocycles. The van der Waals surface area contributed by atoms with Gasteiger partial charge in [-0.05, 0) is 65.0 Å². The van der Waals surface area contributed by atoms with Crippen molar-refractivity contribution in [2.45, 2.75) is 122 Å². The Kier molecular flexibility index (Phi) is 12.1. The quantitative estimate of drug-likeness (QED) is 0.141. The van der Waals surface area contributed by atoms with Crippen LogP contribution in [0, 0.1) is 29.6 Å². The molecule has 268 valence electrons. The highest BCUT2D eigenvalue weighted by molar-refractivity contribution is 6.03. The number of ether oxygens (including phenoxy) is 2. The number of ketones is 1. The number of Topliss-reactive ketones (excluding diaryl/α,β-unsaturated/α-hetero) is 1. The highest BCUT2D eigenvalue weighted by atomic mass is 16.6. The third kappa shape index (κ3) is 8.24. The molecule has 0 amide bonds. The fourth-order valence-electron chi connectivity index (χ4n) is 8.99. The minimum atomic E-state index is -1.40. The molecule has 2 saturated carbocycles. The smallest absolute Gasteiger partial charge is 0.321 e. The van der Waals surface area contributed by atoms with E-state index in [1.54, 1.807) is 6.92 Å². The summed E-state index contributed by atoms with van der Waals surface area (Å²) in [5.41, 5.74) is 2.48. The normalized spacial score (nSPS) is 25.0. The molecule has 0 heterocycles. The first-order valence-electron chi connectivity index (χ1n) is 18.9. The lowest BCUT2D eigenvalue weighted by Gasteiger charge is -2.45. The predicted molar refractivity (Wildman–Crippen MR) is 200 cm³/mol. The molecule has 0 aliphatic heterocycles. The van der Waals surface area contributed by atoms with Crippen molar-refractivity contribution >= 4 is 17.7 Å². The highest BCUT2D eigenvalue weighted by Gasteiger charge is 2.49. The Bertz CT molecular complexity index is 1470. The average molecular weight is 679 g/mol. The topological polar surface area (TPSA) is 69.7 Å². The summed E-state index contributed by atoms with van der Waals surface area (Å²) in [6, 6.07) is 30.0. The summed E-state index contributed by atoms with van der Waals surface area (Å²) in [4.78, 5) is 43.3. The summed E-state index contributed by atoms with van der Waals surface area (Å²) < 4.78 is 13.1.